The van der Waals surface area contributed by atoms with Crippen LogP contribution in [0.1, 0.15) is 69.4 Å². The molecule has 0 unspecified atom stereocenters. The van der Waals surface area contributed by atoms with Crippen molar-refractivity contribution < 1.29 is 5.11 Å². The minimum absolute atomic E-state index is 0.383. The van der Waals surface area contributed by atoms with Crippen LogP contribution in [-0.2, 0) is 0 Å². The largest absolute Gasteiger partial charge is 0.508 e. The summed E-state index contributed by atoms with van der Waals surface area (Å²) in [6, 6.07) is 8.80. The highest BCUT2D eigenvalue weighted by Crippen LogP contribution is 2.42. The zero-order valence-corrected chi connectivity index (χ0v) is 13.4. The number of rotatable bonds is 3. The molecule has 0 saturated heterocycles. The molecule has 1 heterocycles. The lowest BCUT2D eigenvalue weighted by Crippen LogP contribution is -2.41. The second kappa shape index (κ2) is 6.08. The molecular formula is C20H27NO. The number of hydrogen-bond donors (Lipinski definition) is 2. The third-order valence-electron chi connectivity index (χ3n) is 5.97. The van der Waals surface area contributed by atoms with E-state index in [-0.39, 0.29) is 0 Å². The summed E-state index contributed by atoms with van der Waals surface area (Å²) in [5.74, 6) is 1.33. The minimum Gasteiger partial charge on any atom is -0.508 e. The van der Waals surface area contributed by atoms with Crippen molar-refractivity contribution in [2.75, 3.05) is 0 Å². The van der Waals surface area contributed by atoms with E-state index in [0.29, 0.717) is 17.8 Å². The van der Waals surface area contributed by atoms with Gasteiger partial charge in [0.1, 0.15) is 5.75 Å². The van der Waals surface area contributed by atoms with E-state index in [4.69, 9.17) is 0 Å². The molecular weight excluding hydrogens is 270 g/mol. The van der Waals surface area contributed by atoms with Gasteiger partial charge in [0.05, 0.1) is 0 Å². The standard InChI is InChI=1S/C20H27NO/c22-17-9-4-8-16(12-17)19-13-15-7-1-2-10-18(15)20(21-19)11-14-5-3-6-14/h4,8-9,12,14,19-22H,1-3,5-7,10-11,13H2/t19-,20+/m0/s1. The van der Waals surface area contributed by atoms with E-state index in [1.54, 1.807) is 17.2 Å². The van der Waals surface area contributed by atoms with Crippen LogP contribution in [0.3, 0.4) is 0 Å². The Labute approximate surface area is 133 Å². The first-order valence-corrected chi connectivity index (χ1v) is 9.05. The fourth-order valence-corrected chi connectivity index (χ4v) is 4.52. The molecule has 0 radical (unpaired) electrons. The van der Waals surface area contributed by atoms with Crippen molar-refractivity contribution >= 4 is 0 Å². The molecule has 2 heteroatoms. The highest BCUT2D eigenvalue weighted by atomic mass is 16.3. The molecule has 1 saturated carbocycles. The van der Waals surface area contributed by atoms with Crippen LogP contribution in [0.15, 0.2) is 35.4 Å². The molecule has 1 aliphatic heterocycles. The van der Waals surface area contributed by atoms with E-state index in [0.717, 1.165) is 12.3 Å². The first-order chi connectivity index (χ1) is 10.8. The molecule has 1 aromatic carbocycles. The number of hydrogen-bond acceptors (Lipinski definition) is 2. The van der Waals surface area contributed by atoms with E-state index in [1.165, 1.54) is 56.9 Å². The Morgan fingerprint density at radius 2 is 1.95 bits per heavy atom. The number of phenols is 1. The molecule has 4 rings (SSSR count). The SMILES string of the molecule is Oc1cccc([C@@H]2CC3=C(CCCC3)[C@@H](CC3CCC3)N2)c1. The van der Waals surface area contributed by atoms with Crippen LogP contribution in [0.4, 0.5) is 0 Å². The second-order valence-corrected chi connectivity index (χ2v) is 7.44. The van der Waals surface area contributed by atoms with E-state index in [2.05, 4.69) is 11.4 Å². The minimum atomic E-state index is 0.383. The highest BCUT2D eigenvalue weighted by molar-refractivity contribution is 5.34. The van der Waals surface area contributed by atoms with Gasteiger partial charge in [-0.15, -0.1) is 0 Å². The lowest BCUT2D eigenvalue weighted by molar-refractivity contribution is 0.251. The maximum absolute atomic E-state index is 9.79. The molecule has 22 heavy (non-hydrogen) atoms. The monoisotopic (exact) mass is 297 g/mol. The summed E-state index contributed by atoms with van der Waals surface area (Å²) in [6.45, 7) is 0. The first-order valence-electron chi connectivity index (χ1n) is 9.05. The lowest BCUT2D eigenvalue weighted by Gasteiger charge is -2.41. The Morgan fingerprint density at radius 1 is 1.09 bits per heavy atom. The average molecular weight is 297 g/mol. The molecule has 0 spiro atoms. The van der Waals surface area contributed by atoms with Crippen LogP contribution in [0.5, 0.6) is 5.75 Å². The molecule has 1 fully saturated rings. The van der Waals surface area contributed by atoms with Crippen LogP contribution in [0.25, 0.3) is 0 Å². The highest BCUT2D eigenvalue weighted by Gasteiger charge is 2.33. The van der Waals surface area contributed by atoms with E-state index < -0.39 is 0 Å². The Balaban J connectivity index is 1.59. The second-order valence-electron chi connectivity index (χ2n) is 7.44. The zero-order chi connectivity index (χ0) is 14.9. The summed E-state index contributed by atoms with van der Waals surface area (Å²) in [4.78, 5) is 0. The van der Waals surface area contributed by atoms with Gasteiger partial charge in [-0.25, -0.2) is 0 Å². The van der Waals surface area contributed by atoms with Gasteiger partial charge >= 0.3 is 0 Å². The van der Waals surface area contributed by atoms with Crippen molar-refractivity contribution in [1.82, 2.24) is 5.32 Å². The van der Waals surface area contributed by atoms with Crippen LogP contribution < -0.4 is 5.32 Å². The summed E-state index contributed by atoms with van der Waals surface area (Å²) in [5.41, 5.74) is 4.72. The third-order valence-corrected chi connectivity index (χ3v) is 5.97. The molecule has 2 N–H and O–H groups in total. The summed E-state index contributed by atoms with van der Waals surface area (Å²) in [5, 5.41) is 13.7. The van der Waals surface area contributed by atoms with Crippen LogP contribution in [0.2, 0.25) is 0 Å². The van der Waals surface area contributed by atoms with Crippen molar-refractivity contribution in [3.05, 3.63) is 41.0 Å². The van der Waals surface area contributed by atoms with Gasteiger partial charge in [0.2, 0.25) is 0 Å². The summed E-state index contributed by atoms with van der Waals surface area (Å²) >= 11 is 0. The maximum atomic E-state index is 9.79. The molecule has 1 aromatic rings. The van der Waals surface area contributed by atoms with Crippen molar-refractivity contribution in [2.45, 2.75) is 69.9 Å². The van der Waals surface area contributed by atoms with Gasteiger partial charge in [-0.3, -0.25) is 0 Å². The molecule has 2 nitrogen and oxygen atoms in total. The van der Waals surface area contributed by atoms with E-state index in [1.807, 2.05) is 12.1 Å². The van der Waals surface area contributed by atoms with Gasteiger partial charge in [-0.05, 0) is 62.1 Å². The Hall–Kier alpha value is -1.28. The van der Waals surface area contributed by atoms with E-state index in [9.17, 15) is 5.11 Å². The van der Waals surface area contributed by atoms with Crippen molar-refractivity contribution in [1.29, 1.82) is 0 Å². The summed E-state index contributed by atoms with van der Waals surface area (Å²) in [7, 11) is 0. The average Bonchev–Trinajstić information content (AvgIpc) is 2.50. The molecule has 0 bridgehead atoms. The topological polar surface area (TPSA) is 32.3 Å². The molecule has 2 atom stereocenters. The summed E-state index contributed by atoms with van der Waals surface area (Å²) in [6.07, 6.45) is 12.1. The van der Waals surface area contributed by atoms with Gasteiger partial charge in [-0.1, -0.05) is 42.5 Å². The Bertz CT molecular complexity index is 573. The van der Waals surface area contributed by atoms with Crippen LogP contribution in [0, 0.1) is 5.92 Å². The number of aromatic hydroxyl groups is 1. The molecule has 118 valence electrons. The number of benzene rings is 1. The van der Waals surface area contributed by atoms with Crippen LogP contribution in [-0.4, -0.2) is 11.1 Å². The van der Waals surface area contributed by atoms with Gasteiger partial charge < -0.3 is 10.4 Å². The zero-order valence-electron chi connectivity index (χ0n) is 13.4. The molecule has 0 aromatic heterocycles. The molecule has 2 aliphatic carbocycles. The van der Waals surface area contributed by atoms with Crippen molar-refractivity contribution in [3.63, 3.8) is 0 Å². The fourth-order valence-electron chi connectivity index (χ4n) is 4.52. The summed E-state index contributed by atoms with van der Waals surface area (Å²) < 4.78 is 0. The number of nitrogens with one attached hydrogen (secondary N) is 1. The van der Waals surface area contributed by atoms with Gasteiger partial charge in [-0.2, -0.15) is 0 Å². The van der Waals surface area contributed by atoms with Gasteiger partial charge in [0.15, 0.2) is 0 Å². The molecule has 3 aliphatic rings. The van der Waals surface area contributed by atoms with Gasteiger partial charge in [0.25, 0.3) is 0 Å². The number of phenolic OH excluding ortho intramolecular Hbond substituents is 1. The first kappa shape index (κ1) is 14.3. The van der Waals surface area contributed by atoms with Crippen molar-refractivity contribution in [3.8, 4) is 5.75 Å². The quantitative estimate of drug-likeness (QED) is 0.781. The van der Waals surface area contributed by atoms with Crippen LogP contribution >= 0.6 is 0 Å². The van der Waals surface area contributed by atoms with Gasteiger partial charge in [0, 0.05) is 12.1 Å². The Morgan fingerprint density at radius 3 is 2.73 bits per heavy atom. The van der Waals surface area contributed by atoms with Crippen molar-refractivity contribution in [2.24, 2.45) is 5.92 Å². The normalized spacial score (nSPS) is 29.1. The maximum Gasteiger partial charge on any atom is 0.115 e. The third kappa shape index (κ3) is 2.81. The predicted molar refractivity (Wildman–Crippen MR) is 89.8 cm³/mol. The Kier molecular flexibility index (Phi) is 3.96. The lowest BCUT2D eigenvalue weighted by atomic mass is 9.74. The fraction of sp³-hybridized carbons (Fsp3) is 0.600. The molecule has 0 amide bonds. The van der Waals surface area contributed by atoms with E-state index >= 15 is 0 Å². The predicted octanol–water partition coefficient (Wildman–Crippen LogP) is 4.86. The smallest absolute Gasteiger partial charge is 0.115 e.